The first-order valence-electron chi connectivity index (χ1n) is 9.16. The normalized spacial score (nSPS) is 12.3. The fraction of sp³-hybridized carbons (Fsp3) is 0.364. The van der Waals surface area contributed by atoms with Gasteiger partial charge >= 0.3 is 11.9 Å². The molecule has 0 aliphatic heterocycles. The van der Waals surface area contributed by atoms with Crippen LogP contribution < -0.4 is 15.8 Å². The van der Waals surface area contributed by atoms with Crippen molar-refractivity contribution in [3.63, 3.8) is 0 Å². The minimum absolute atomic E-state index is 0.326. The zero-order valence-electron chi connectivity index (χ0n) is 16.8. The molecule has 3 N–H and O–H groups in total. The number of nitrogens with one attached hydrogen (secondary N) is 1. The summed E-state index contributed by atoms with van der Waals surface area (Å²) in [4.78, 5) is 24.3. The van der Waals surface area contributed by atoms with Crippen LogP contribution in [0, 0.1) is 5.41 Å². The number of nitrogens with two attached hydrogens (primary N) is 1. The van der Waals surface area contributed by atoms with Crippen molar-refractivity contribution in [3.8, 4) is 5.75 Å². The van der Waals surface area contributed by atoms with Gasteiger partial charge in [0, 0.05) is 12.2 Å². The van der Waals surface area contributed by atoms with Crippen molar-refractivity contribution in [3.05, 3.63) is 59.7 Å². The molecule has 0 saturated carbocycles. The standard InChI is InChI=1S/C22H28N2O4/c1-22(2,3)21(26)28-17-10-11-18(23)16(13-17)14-24-19(20(25)27-4)12-15-8-6-5-7-9-15/h5-11,13,19,24H,12,14,23H2,1-4H3. The second-order valence-electron chi connectivity index (χ2n) is 7.65. The first-order chi connectivity index (χ1) is 13.2. The maximum atomic E-state index is 12.2. The molecular weight excluding hydrogens is 356 g/mol. The summed E-state index contributed by atoms with van der Waals surface area (Å²) in [6.07, 6.45) is 0.492. The Morgan fingerprint density at radius 2 is 1.79 bits per heavy atom. The molecule has 28 heavy (non-hydrogen) atoms. The Balaban J connectivity index is 2.10. The summed E-state index contributed by atoms with van der Waals surface area (Å²) < 4.78 is 10.3. The fourth-order valence-corrected chi connectivity index (χ4v) is 2.52. The number of hydrogen-bond acceptors (Lipinski definition) is 6. The number of esters is 2. The van der Waals surface area contributed by atoms with E-state index in [1.165, 1.54) is 7.11 Å². The van der Waals surface area contributed by atoms with Crippen LogP contribution in [0.1, 0.15) is 31.9 Å². The average molecular weight is 384 g/mol. The molecule has 2 aromatic rings. The molecule has 1 unspecified atom stereocenters. The van der Waals surface area contributed by atoms with Gasteiger partial charge in [0.05, 0.1) is 12.5 Å². The Bertz CT molecular complexity index is 813. The number of nitrogen functional groups attached to an aromatic ring is 1. The molecule has 6 heteroatoms. The Kier molecular flexibility index (Phi) is 7.18. The van der Waals surface area contributed by atoms with Crippen LogP contribution in [0.25, 0.3) is 0 Å². The second kappa shape index (κ2) is 9.37. The maximum absolute atomic E-state index is 12.2. The van der Waals surface area contributed by atoms with Crippen molar-refractivity contribution >= 4 is 17.6 Å². The van der Waals surface area contributed by atoms with Gasteiger partial charge in [0.2, 0.25) is 0 Å². The van der Waals surface area contributed by atoms with Crippen LogP contribution in [-0.4, -0.2) is 25.1 Å². The van der Waals surface area contributed by atoms with E-state index in [2.05, 4.69) is 5.32 Å². The lowest BCUT2D eigenvalue weighted by molar-refractivity contribution is -0.143. The van der Waals surface area contributed by atoms with Crippen LogP contribution in [-0.2, 0) is 27.3 Å². The summed E-state index contributed by atoms with van der Waals surface area (Å²) in [7, 11) is 1.36. The van der Waals surface area contributed by atoms with Crippen molar-refractivity contribution in [1.82, 2.24) is 5.32 Å². The van der Waals surface area contributed by atoms with E-state index >= 15 is 0 Å². The zero-order chi connectivity index (χ0) is 20.7. The van der Waals surface area contributed by atoms with Gasteiger partial charge in [0.1, 0.15) is 11.8 Å². The predicted molar refractivity (Wildman–Crippen MR) is 109 cm³/mol. The molecule has 150 valence electrons. The van der Waals surface area contributed by atoms with Crippen LogP contribution in [0.5, 0.6) is 5.75 Å². The van der Waals surface area contributed by atoms with Gasteiger partial charge in [-0.25, -0.2) is 0 Å². The molecule has 0 heterocycles. The van der Waals surface area contributed by atoms with E-state index in [1.807, 2.05) is 30.3 Å². The molecule has 1 atom stereocenters. The van der Waals surface area contributed by atoms with Crippen LogP contribution in [0.4, 0.5) is 5.69 Å². The maximum Gasteiger partial charge on any atom is 0.323 e. The van der Waals surface area contributed by atoms with Gasteiger partial charge in [-0.2, -0.15) is 0 Å². The summed E-state index contributed by atoms with van der Waals surface area (Å²) >= 11 is 0. The molecule has 0 radical (unpaired) electrons. The number of anilines is 1. The lowest BCUT2D eigenvalue weighted by Gasteiger charge is -2.19. The smallest absolute Gasteiger partial charge is 0.323 e. The topological polar surface area (TPSA) is 90.6 Å². The average Bonchev–Trinajstić information content (AvgIpc) is 2.66. The third kappa shape index (κ3) is 6.09. The highest BCUT2D eigenvalue weighted by molar-refractivity contribution is 5.78. The molecule has 0 aliphatic carbocycles. The molecule has 0 aromatic heterocycles. The van der Waals surface area contributed by atoms with Gasteiger partial charge in [-0.3, -0.25) is 14.9 Å². The molecule has 6 nitrogen and oxygen atoms in total. The van der Waals surface area contributed by atoms with E-state index in [4.69, 9.17) is 15.2 Å². The Morgan fingerprint density at radius 1 is 1.11 bits per heavy atom. The van der Waals surface area contributed by atoms with Gasteiger partial charge in [0.25, 0.3) is 0 Å². The summed E-state index contributed by atoms with van der Waals surface area (Å²) in [5.41, 5.74) is 7.76. The first kappa shape index (κ1) is 21.4. The van der Waals surface area contributed by atoms with Crippen molar-refractivity contribution in [2.45, 2.75) is 39.8 Å². The Morgan fingerprint density at radius 3 is 2.39 bits per heavy atom. The van der Waals surface area contributed by atoms with Crippen molar-refractivity contribution in [1.29, 1.82) is 0 Å². The summed E-state index contributed by atoms with van der Waals surface area (Å²) in [6.45, 7) is 5.71. The molecule has 0 aliphatic rings. The highest BCUT2D eigenvalue weighted by atomic mass is 16.5. The summed E-state index contributed by atoms with van der Waals surface area (Å²) in [6, 6.07) is 14.2. The number of rotatable bonds is 7. The molecule has 0 bridgehead atoms. The quantitative estimate of drug-likeness (QED) is 0.433. The zero-order valence-corrected chi connectivity index (χ0v) is 16.8. The largest absolute Gasteiger partial charge is 0.468 e. The van der Waals surface area contributed by atoms with Crippen LogP contribution in [0.3, 0.4) is 0 Å². The van der Waals surface area contributed by atoms with Crippen LogP contribution in [0.15, 0.2) is 48.5 Å². The third-order valence-electron chi connectivity index (χ3n) is 4.24. The van der Waals surface area contributed by atoms with E-state index in [0.29, 0.717) is 24.4 Å². The number of carbonyl (C=O) groups excluding carboxylic acids is 2. The molecule has 2 rings (SSSR count). The highest BCUT2D eigenvalue weighted by Crippen LogP contribution is 2.23. The van der Waals surface area contributed by atoms with E-state index < -0.39 is 11.5 Å². The number of carbonyl (C=O) groups is 2. The molecule has 0 amide bonds. The van der Waals surface area contributed by atoms with Crippen LogP contribution in [0.2, 0.25) is 0 Å². The first-order valence-corrected chi connectivity index (χ1v) is 9.16. The number of methoxy groups -OCH3 is 1. The van der Waals surface area contributed by atoms with Crippen molar-refractivity contribution < 1.29 is 19.1 Å². The molecule has 0 fully saturated rings. The Hall–Kier alpha value is -2.86. The minimum atomic E-state index is -0.606. The SMILES string of the molecule is COC(=O)C(Cc1ccccc1)NCc1cc(OC(=O)C(C)(C)C)ccc1N. The lowest BCUT2D eigenvalue weighted by atomic mass is 9.97. The van der Waals surface area contributed by atoms with E-state index in [-0.39, 0.29) is 11.9 Å². The van der Waals surface area contributed by atoms with E-state index in [0.717, 1.165) is 11.1 Å². The highest BCUT2D eigenvalue weighted by Gasteiger charge is 2.24. The van der Waals surface area contributed by atoms with E-state index in [1.54, 1.807) is 39.0 Å². The van der Waals surface area contributed by atoms with Gasteiger partial charge in [-0.05, 0) is 56.5 Å². The monoisotopic (exact) mass is 384 g/mol. The van der Waals surface area contributed by atoms with Gasteiger partial charge in [-0.15, -0.1) is 0 Å². The van der Waals surface area contributed by atoms with Gasteiger partial charge in [0.15, 0.2) is 0 Å². The molecule has 0 saturated heterocycles. The fourth-order valence-electron chi connectivity index (χ4n) is 2.52. The molecule has 2 aromatic carbocycles. The molecule has 0 spiro atoms. The molecular formula is C22H28N2O4. The van der Waals surface area contributed by atoms with E-state index in [9.17, 15) is 9.59 Å². The van der Waals surface area contributed by atoms with Crippen molar-refractivity contribution in [2.75, 3.05) is 12.8 Å². The predicted octanol–water partition coefficient (Wildman–Crippen LogP) is 3.09. The van der Waals surface area contributed by atoms with Crippen LogP contribution >= 0.6 is 0 Å². The lowest BCUT2D eigenvalue weighted by Crippen LogP contribution is -2.39. The second-order valence-corrected chi connectivity index (χ2v) is 7.65. The number of ether oxygens (including phenoxy) is 2. The van der Waals surface area contributed by atoms with Gasteiger partial charge in [-0.1, -0.05) is 30.3 Å². The third-order valence-corrected chi connectivity index (χ3v) is 4.24. The number of benzene rings is 2. The minimum Gasteiger partial charge on any atom is -0.468 e. The van der Waals surface area contributed by atoms with Gasteiger partial charge < -0.3 is 15.2 Å². The summed E-state index contributed by atoms with van der Waals surface area (Å²) in [5.74, 6) is -0.256. The Labute approximate surface area is 166 Å². The van der Waals surface area contributed by atoms with Crippen molar-refractivity contribution in [2.24, 2.45) is 5.41 Å². The number of hydrogen-bond donors (Lipinski definition) is 2. The summed E-state index contributed by atoms with van der Waals surface area (Å²) in [5, 5.41) is 3.19.